The van der Waals surface area contributed by atoms with E-state index in [-0.39, 0.29) is 21.8 Å². The minimum Gasteiger partial charge on any atom is -0.356 e. The van der Waals surface area contributed by atoms with Crippen LogP contribution in [0.3, 0.4) is 0 Å². The average Bonchev–Trinajstić information content (AvgIpc) is 3.11. The van der Waals surface area contributed by atoms with Gasteiger partial charge in [0, 0.05) is 11.6 Å². The van der Waals surface area contributed by atoms with Crippen molar-refractivity contribution in [2.75, 3.05) is 10.6 Å². The zero-order chi connectivity index (χ0) is 21.0. The normalized spacial score (nSPS) is 11.9. The molecule has 1 unspecified atom stereocenters. The quantitative estimate of drug-likeness (QED) is 0.376. The third-order valence-electron chi connectivity index (χ3n) is 3.67. The van der Waals surface area contributed by atoms with Crippen LogP contribution >= 0.6 is 57.9 Å². The van der Waals surface area contributed by atoms with Crippen LogP contribution in [0.15, 0.2) is 40.7 Å². The number of hydrogen-bond acceptors (Lipinski definition) is 6. The average molecular weight is 492 g/mol. The molecule has 0 aliphatic heterocycles. The van der Waals surface area contributed by atoms with E-state index in [2.05, 4.69) is 20.8 Å². The Hall–Kier alpha value is -1.58. The Bertz CT molecular complexity index is 994. The Kier molecular flexibility index (Phi) is 7.59. The van der Waals surface area contributed by atoms with Crippen molar-refractivity contribution in [1.29, 1.82) is 0 Å². The molecule has 5 nitrogen and oxygen atoms in total. The van der Waals surface area contributed by atoms with Crippen LogP contribution in [0.4, 0.5) is 15.2 Å². The maximum atomic E-state index is 12.9. The fourth-order valence-corrected chi connectivity index (χ4v) is 5.00. The van der Waals surface area contributed by atoms with Crippen LogP contribution in [0.1, 0.15) is 12.5 Å². The molecule has 2 aromatic carbocycles. The molecular weight excluding hydrogens is 478 g/mol. The Labute approximate surface area is 190 Å². The SMILES string of the molecule is CC(Sc1nnc(NCc2ccc(F)cc2)s1)C(=O)Nc1c(Cl)cc(Cl)cc1Cl. The minimum atomic E-state index is -0.462. The molecule has 0 aliphatic carbocycles. The van der Waals surface area contributed by atoms with Gasteiger partial charge in [-0.1, -0.05) is 70.0 Å². The molecule has 0 saturated carbocycles. The van der Waals surface area contributed by atoms with Crippen LogP contribution < -0.4 is 10.6 Å². The lowest BCUT2D eigenvalue weighted by Gasteiger charge is -2.13. The second kappa shape index (κ2) is 9.95. The predicted molar refractivity (Wildman–Crippen MR) is 119 cm³/mol. The lowest BCUT2D eigenvalue weighted by molar-refractivity contribution is -0.115. The number of rotatable bonds is 7. The van der Waals surface area contributed by atoms with E-state index in [1.165, 1.54) is 47.4 Å². The first-order valence-corrected chi connectivity index (χ1v) is 11.1. The van der Waals surface area contributed by atoms with Crippen molar-refractivity contribution in [3.8, 4) is 0 Å². The summed E-state index contributed by atoms with van der Waals surface area (Å²) in [5, 5.41) is 15.0. The number of anilines is 2. The largest absolute Gasteiger partial charge is 0.356 e. The molecule has 1 amide bonds. The van der Waals surface area contributed by atoms with Crippen molar-refractivity contribution in [1.82, 2.24) is 10.2 Å². The molecule has 0 fully saturated rings. The van der Waals surface area contributed by atoms with E-state index >= 15 is 0 Å². The van der Waals surface area contributed by atoms with Crippen molar-refractivity contribution in [2.24, 2.45) is 0 Å². The summed E-state index contributed by atoms with van der Waals surface area (Å²) in [6.45, 7) is 2.23. The molecule has 1 aromatic heterocycles. The molecule has 29 heavy (non-hydrogen) atoms. The summed E-state index contributed by atoms with van der Waals surface area (Å²) in [6, 6.07) is 9.20. The Morgan fingerprint density at radius 2 is 1.83 bits per heavy atom. The van der Waals surface area contributed by atoms with Gasteiger partial charge in [0.2, 0.25) is 11.0 Å². The van der Waals surface area contributed by atoms with Gasteiger partial charge in [0.15, 0.2) is 4.34 Å². The fourth-order valence-electron chi connectivity index (χ4n) is 2.20. The minimum absolute atomic E-state index is 0.260. The van der Waals surface area contributed by atoms with E-state index in [0.29, 0.717) is 26.7 Å². The highest BCUT2D eigenvalue weighted by Crippen LogP contribution is 2.35. The van der Waals surface area contributed by atoms with Gasteiger partial charge in [-0.2, -0.15) is 0 Å². The van der Waals surface area contributed by atoms with Crippen LogP contribution in [0.5, 0.6) is 0 Å². The van der Waals surface area contributed by atoms with Gasteiger partial charge in [0.25, 0.3) is 0 Å². The van der Waals surface area contributed by atoms with Crippen molar-refractivity contribution in [3.63, 3.8) is 0 Å². The zero-order valence-corrected chi connectivity index (χ0v) is 18.8. The van der Waals surface area contributed by atoms with Crippen LogP contribution in [-0.4, -0.2) is 21.4 Å². The van der Waals surface area contributed by atoms with Gasteiger partial charge in [0.1, 0.15) is 5.82 Å². The molecule has 1 heterocycles. The molecule has 0 saturated heterocycles. The fraction of sp³-hybridized carbons (Fsp3) is 0.167. The number of thioether (sulfide) groups is 1. The van der Waals surface area contributed by atoms with Gasteiger partial charge in [0.05, 0.1) is 21.0 Å². The highest BCUT2D eigenvalue weighted by Gasteiger charge is 2.20. The van der Waals surface area contributed by atoms with E-state index in [4.69, 9.17) is 34.8 Å². The van der Waals surface area contributed by atoms with Crippen molar-refractivity contribution >= 4 is 74.6 Å². The number of amides is 1. The van der Waals surface area contributed by atoms with E-state index in [1.807, 2.05) is 0 Å². The molecule has 3 aromatic rings. The first-order chi connectivity index (χ1) is 13.8. The van der Waals surface area contributed by atoms with Crippen LogP contribution in [0.25, 0.3) is 0 Å². The molecule has 0 spiro atoms. The smallest absolute Gasteiger partial charge is 0.237 e. The van der Waals surface area contributed by atoms with Crippen molar-refractivity contribution in [2.45, 2.75) is 23.1 Å². The zero-order valence-electron chi connectivity index (χ0n) is 14.9. The van der Waals surface area contributed by atoms with Gasteiger partial charge in [-0.05, 0) is 36.8 Å². The molecular formula is C18H14Cl3FN4OS2. The maximum Gasteiger partial charge on any atom is 0.237 e. The number of halogens is 4. The standard InChI is InChI=1S/C18H14Cl3FN4OS2/c1-9(16(27)24-15-13(20)6-11(19)7-14(15)21)28-18-26-25-17(29-18)23-8-10-2-4-12(22)5-3-10/h2-7,9H,8H2,1H3,(H,23,25)(H,24,27). The first kappa shape index (κ1) is 22.1. The number of aromatic nitrogens is 2. The van der Waals surface area contributed by atoms with Gasteiger partial charge in [-0.3, -0.25) is 4.79 Å². The summed E-state index contributed by atoms with van der Waals surface area (Å²) in [5.74, 6) is -0.561. The van der Waals surface area contributed by atoms with E-state index in [1.54, 1.807) is 19.1 Å². The van der Waals surface area contributed by atoms with Gasteiger partial charge in [-0.25, -0.2) is 4.39 Å². The first-order valence-electron chi connectivity index (χ1n) is 8.25. The molecule has 1 atom stereocenters. The third kappa shape index (κ3) is 6.20. The van der Waals surface area contributed by atoms with Crippen LogP contribution in [0, 0.1) is 5.82 Å². The Balaban J connectivity index is 1.56. The maximum absolute atomic E-state index is 12.9. The summed E-state index contributed by atoms with van der Waals surface area (Å²) in [6.07, 6.45) is 0. The number of benzene rings is 2. The number of hydrogen-bond donors (Lipinski definition) is 2. The molecule has 0 aliphatic rings. The van der Waals surface area contributed by atoms with E-state index in [9.17, 15) is 9.18 Å². The lowest BCUT2D eigenvalue weighted by Crippen LogP contribution is -2.22. The number of nitrogens with one attached hydrogen (secondary N) is 2. The summed E-state index contributed by atoms with van der Waals surface area (Å²) < 4.78 is 13.6. The van der Waals surface area contributed by atoms with Gasteiger partial charge in [-0.15, -0.1) is 10.2 Å². The summed E-state index contributed by atoms with van der Waals surface area (Å²) >= 11 is 20.7. The summed E-state index contributed by atoms with van der Waals surface area (Å²) in [7, 11) is 0. The summed E-state index contributed by atoms with van der Waals surface area (Å²) in [5.41, 5.74) is 1.23. The molecule has 0 radical (unpaired) electrons. The van der Waals surface area contributed by atoms with Crippen molar-refractivity contribution in [3.05, 3.63) is 62.8 Å². The lowest BCUT2D eigenvalue weighted by atomic mass is 10.2. The van der Waals surface area contributed by atoms with Crippen LogP contribution in [-0.2, 0) is 11.3 Å². The number of carbonyl (C=O) groups is 1. The van der Waals surface area contributed by atoms with Crippen LogP contribution in [0.2, 0.25) is 15.1 Å². The molecule has 11 heteroatoms. The molecule has 0 bridgehead atoms. The predicted octanol–water partition coefficient (Wildman–Crippen LogP) is 6.37. The van der Waals surface area contributed by atoms with Gasteiger partial charge >= 0.3 is 0 Å². The molecule has 2 N–H and O–H groups in total. The van der Waals surface area contributed by atoms with Crippen molar-refractivity contribution < 1.29 is 9.18 Å². The van der Waals surface area contributed by atoms with Gasteiger partial charge < -0.3 is 10.6 Å². The molecule has 3 rings (SSSR count). The third-order valence-corrected chi connectivity index (χ3v) is 6.54. The number of nitrogens with zero attached hydrogens (tertiary/aromatic N) is 2. The monoisotopic (exact) mass is 490 g/mol. The number of carbonyl (C=O) groups excluding carboxylic acids is 1. The summed E-state index contributed by atoms with van der Waals surface area (Å²) in [4.78, 5) is 12.5. The highest BCUT2D eigenvalue weighted by molar-refractivity contribution is 8.02. The second-order valence-corrected chi connectivity index (χ2v) is 9.66. The highest BCUT2D eigenvalue weighted by atomic mass is 35.5. The van der Waals surface area contributed by atoms with E-state index in [0.717, 1.165) is 5.56 Å². The second-order valence-electron chi connectivity index (χ2n) is 5.85. The Morgan fingerprint density at radius 3 is 2.48 bits per heavy atom. The molecule has 152 valence electrons. The topological polar surface area (TPSA) is 66.9 Å². The van der Waals surface area contributed by atoms with E-state index < -0.39 is 5.25 Å². The Morgan fingerprint density at radius 1 is 1.17 bits per heavy atom.